The van der Waals surface area contributed by atoms with Gasteiger partial charge in [-0.15, -0.1) is 69.6 Å². The van der Waals surface area contributed by atoms with Crippen LogP contribution < -0.4 is 18.9 Å². The summed E-state index contributed by atoms with van der Waals surface area (Å²) in [5.41, 5.74) is -3.24. The zero-order valence-electron chi connectivity index (χ0n) is 51.7. The molecule has 0 atom stereocenters. The number of alkyl halides is 12. The van der Waals surface area contributed by atoms with Gasteiger partial charge in [-0.2, -0.15) is 26.3 Å². The Morgan fingerprint density at radius 1 is 0.378 bits per heavy atom. The maximum atomic E-state index is 10.7. The first-order valence-corrected chi connectivity index (χ1v) is 33.7. The first-order chi connectivity index (χ1) is 46.2. The van der Waals surface area contributed by atoms with Gasteiger partial charge in [0.25, 0.3) is 0 Å². The van der Waals surface area contributed by atoms with Gasteiger partial charge in [0.1, 0.15) is 23.0 Å². The van der Waals surface area contributed by atoms with Gasteiger partial charge in [-0.1, -0.05) is 103 Å². The first kappa shape index (κ1) is 81.0. The number of halogens is 12. The predicted octanol–water partition coefficient (Wildman–Crippen LogP) is 19.7. The number of hydrogen-bond acceptors (Lipinski definition) is 15. The second-order valence-corrected chi connectivity index (χ2v) is 24.4. The van der Waals surface area contributed by atoms with E-state index in [0.29, 0.717) is 23.0 Å². The van der Waals surface area contributed by atoms with Crippen LogP contribution in [0.25, 0.3) is 87.4 Å². The number of benzene rings is 9. The molecule has 3 aromatic heterocycles. The topological polar surface area (TPSA) is 215 Å². The van der Waals surface area contributed by atoms with Crippen molar-refractivity contribution in [1.82, 2.24) is 15.0 Å². The molecular weight excluding hydrogens is 1500 g/mol. The van der Waals surface area contributed by atoms with E-state index in [1.54, 1.807) is 40.9 Å². The monoisotopic (exact) mass is 1550 g/mol. The minimum Gasteiger partial charge on any atom is -0.741 e. The van der Waals surface area contributed by atoms with Crippen LogP contribution in [0.3, 0.4) is 0 Å². The molecule has 0 unspecified atom stereocenters. The Morgan fingerprint density at radius 2 is 0.633 bits per heavy atom. The third kappa shape index (κ3) is 22.4. The number of methoxy groups -OCH3 is 4. The molecule has 0 N–H and O–H groups in total. The molecule has 0 aliphatic carbocycles. The molecule has 30 heteroatoms. The molecule has 508 valence electrons. The number of fused-ring (bicyclic) bond motifs is 7. The van der Waals surface area contributed by atoms with Crippen LogP contribution in [0.2, 0.25) is 0 Å². The van der Waals surface area contributed by atoms with Crippen molar-refractivity contribution in [2.75, 3.05) is 44.5 Å². The van der Waals surface area contributed by atoms with Gasteiger partial charge in [0.05, 0.1) is 113 Å². The normalized spacial score (nSPS) is 11.3. The fraction of sp³-hybridized carbons (Fsp3) is 0.132. The Labute approximate surface area is 602 Å². The van der Waals surface area contributed by atoms with Gasteiger partial charge in [0, 0.05) is 10.8 Å². The standard InChI is InChI=1S/C35H23N3.C28H24N2O4.3CH2Cl2.2CHF3O3S.Zn/c1-3-8-26-18-30-20-32(14-12-28(30)16-24(26)6-1)36-22-34-10-5-11-35(38-34)23-37-33-15-13-29-17-25-7-2-4-9-27(25)19-31(29)21-33;1-31-21-7-5-8-22(32-2)25(21)19-15-13-17-11-12-18-14-16-20(30-28(18)27(17)29-19)26-23(33-3)9-6-10-24(26)34-4;3*2-1-3;2*2-1(3,4)8(5,6)7;/h1-23H;5-16H,1-4H3;3*1H2;2*(H,5,6,7);/q;;;;;;;+2/p-2. The number of aromatic nitrogens is 3. The number of aliphatic imine (C=N–C) groups is 2. The van der Waals surface area contributed by atoms with Gasteiger partial charge in [0.2, 0.25) is 0 Å². The molecule has 12 rings (SSSR count). The molecule has 0 aliphatic heterocycles. The summed E-state index contributed by atoms with van der Waals surface area (Å²) < 4.78 is 140. The number of nitrogens with zero attached hydrogens (tertiary/aromatic N) is 5. The van der Waals surface area contributed by atoms with Crippen molar-refractivity contribution in [2.45, 2.75) is 11.0 Å². The van der Waals surface area contributed by atoms with Crippen LogP contribution in [0.4, 0.5) is 37.7 Å². The molecule has 15 nitrogen and oxygen atoms in total. The number of pyridine rings is 3. The molecule has 9 aromatic carbocycles. The predicted molar refractivity (Wildman–Crippen MR) is 377 cm³/mol. The maximum Gasteiger partial charge on any atom is 2.00 e. The summed E-state index contributed by atoms with van der Waals surface area (Å²) in [5.74, 6) is 2.77. The Morgan fingerprint density at radius 3 is 0.918 bits per heavy atom. The van der Waals surface area contributed by atoms with E-state index in [-0.39, 0.29) is 35.5 Å². The minimum atomic E-state index is -6.09. The number of rotatable bonds is 10. The van der Waals surface area contributed by atoms with E-state index in [2.05, 4.69) is 109 Å². The Bertz CT molecular complexity index is 4630. The average Bonchev–Trinajstić information content (AvgIpc) is 0.777. The molecule has 3 heterocycles. The van der Waals surface area contributed by atoms with Crippen LogP contribution >= 0.6 is 69.6 Å². The minimum absolute atomic E-state index is 0. The maximum absolute atomic E-state index is 10.7. The SMILES string of the molecule is C(=Nc1ccc2cc3ccccc3cc2c1)c1cccc(C=Nc2ccc3cc4ccccc4cc3c2)n1.COc1cccc(OC)c1-c1ccc2ccc3ccc(-c4c(OC)cccc4OC)nc3c2n1.ClCCl.ClCCl.ClCCl.O=S(=O)([O-])C(F)(F)F.O=S(=O)([O-])C(F)(F)F.[Zn+2]. The van der Waals surface area contributed by atoms with E-state index in [0.717, 1.165) is 67.1 Å². The molecule has 0 amide bonds. The van der Waals surface area contributed by atoms with E-state index < -0.39 is 31.3 Å². The van der Waals surface area contributed by atoms with Gasteiger partial charge in [0.15, 0.2) is 20.2 Å². The molecule has 0 bridgehead atoms. The van der Waals surface area contributed by atoms with Crippen LogP contribution in [0.5, 0.6) is 23.0 Å². The molecular formula is C68H53Cl6F6N5O10S2Zn. The van der Waals surface area contributed by atoms with Crippen molar-refractivity contribution in [1.29, 1.82) is 0 Å². The zero-order chi connectivity index (χ0) is 71.1. The van der Waals surface area contributed by atoms with Crippen LogP contribution in [-0.2, 0) is 39.7 Å². The van der Waals surface area contributed by atoms with Crippen molar-refractivity contribution in [3.63, 3.8) is 0 Å². The van der Waals surface area contributed by atoms with Gasteiger partial charge >= 0.3 is 30.5 Å². The third-order valence-corrected chi connectivity index (χ3v) is 14.4. The van der Waals surface area contributed by atoms with E-state index in [1.165, 1.54) is 43.1 Å². The first-order valence-electron chi connectivity index (χ1n) is 27.6. The van der Waals surface area contributed by atoms with E-state index in [4.69, 9.17) is 139 Å². The van der Waals surface area contributed by atoms with Crippen molar-refractivity contribution in [3.05, 3.63) is 212 Å². The zero-order valence-corrected chi connectivity index (χ0v) is 60.8. The summed E-state index contributed by atoms with van der Waals surface area (Å²) in [7, 11) is -5.61. The van der Waals surface area contributed by atoms with Crippen LogP contribution in [0.1, 0.15) is 11.4 Å². The van der Waals surface area contributed by atoms with E-state index >= 15 is 0 Å². The smallest absolute Gasteiger partial charge is 0.741 e. The fourth-order valence-corrected chi connectivity index (χ4v) is 9.16. The molecule has 98 heavy (non-hydrogen) atoms. The summed E-state index contributed by atoms with van der Waals surface area (Å²) in [5, 5.41) is 12.3. The molecule has 0 fully saturated rings. The second kappa shape index (κ2) is 38.0. The molecule has 12 aromatic rings. The van der Waals surface area contributed by atoms with Crippen molar-refractivity contribution < 1.29 is 90.7 Å². The summed E-state index contributed by atoms with van der Waals surface area (Å²) in [6, 6.07) is 67.7. The average molecular weight is 1560 g/mol. The van der Waals surface area contributed by atoms with E-state index in [1.807, 2.05) is 91.0 Å². The number of hydrogen-bond donors (Lipinski definition) is 0. The van der Waals surface area contributed by atoms with E-state index in [9.17, 15) is 26.3 Å². The van der Waals surface area contributed by atoms with Gasteiger partial charge < -0.3 is 28.1 Å². The van der Waals surface area contributed by atoms with Gasteiger partial charge in [-0.3, -0.25) is 9.98 Å². The Balaban J connectivity index is 0.000000263. The van der Waals surface area contributed by atoms with Crippen LogP contribution in [0, 0.1) is 0 Å². The largest absolute Gasteiger partial charge is 2.00 e. The van der Waals surface area contributed by atoms with Crippen molar-refractivity contribution >= 4 is 179 Å². The van der Waals surface area contributed by atoms with Crippen LogP contribution in [-0.4, -0.2) is 109 Å². The molecule has 0 saturated heterocycles. The van der Waals surface area contributed by atoms with Crippen molar-refractivity contribution in [2.24, 2.45) is 9.98 Å². The Hall–Kier alpha value is -7.71. The molecule has 0 spiro atoms. The second-order valence-electron chi connectivity index (χ2n) is 19.2. The van der Waals surface area contributed by atoms with Crippen molar-refractivity contribution in [3.8, 4) is 45.5 Å². The van der Waals surface area contributed by atoms with Crippen LogP contribution in [0.15, 0.2) is 210 Å². The summed E-state index contributed by atoms with van der Waals surface area (Å²) in [6.07, 6.45) is 3.61. The summed E-state index contributed by atoms with van der Waals surface area (Å²) >= 11 is 28.6. The fourth-order valence-electron chi connectivity index (χ4n) is 9.16. The molecule has 0 aliphatic rings. The van der Waals surface area contributed by atoms with Gasteiger partial charge in [-0.05, 0) is 140 Å². The molecule has 0 saturated carbocycles. The molecule has 0 radical (unpaired) electrons. The third-order valence-electron chi connectivity index (χ3n) is 13.3. The summed E-state index contributed by atoms with van der Waals surface area (Å²) in [6.45, 7) is 0. The van der Waals surface area contributed by atoms with Gasteiger partial charge in [-0.25, -0.2) is 31.8 Å². The Kier molecular flexibility index (Phi) is 31.4. The quantitative estimate of drug-likeness (QED) is 0.0182. The number of ether oxygens (including phenoxy) is 4. The summed E-state index contributed by atoms with van der Waals surface area (Å²) in [4.78, 5) is 24.1.